The molecule has 30 atom stereocenters. The number of hydrogen-bond donors (Lipinski definition) is 3. The van der Waals surface area contributed by atoms with E-state index in [-0.39, 0.29) is 89.8 Å². The Kier molecular flexibility index (Phi) is 28.6. The number of hydrogen-bond acceptors (Lipinski definition) is 30. The molecule has 12 aliphatic heterocycles. The Balaban J connectivity index is 0.000000159. The van der Waals surface area contributed by atoms with Crippen LogP contribution < -0.4 is 0 Å². The van der Waals surface area contributed by atoms with E-state index in [2.05, 4.69) is 0 Å². The largest absolute Gasteiger partial charge is 0.467 e. The maximum absolute atomic E-state index is 13.0. The predicted octanol–water partition coefficient (Wildman–Crippen LogP) is 3.07. The zero-order valence-corrected chi connectivity index (χ0v) is 77.2. The molecule has 6 amide bonds. The SMILES string of the molecule is COC(=O)[C@]1(C(O)[C@@H]2C=CCCC2)N(C)C(=O)[C@@H]2CC(C)O[C@@]21C.COC(=O)[C@]1(C=O)N(C)C(=O)[C@@H]2CC(C)O[C@@]21C.COC(=O)[C@]1(C=O)N(C)C(=O)[C@@H]2CC(C)O[C@@]21C.COC(=O)[C@]1(C=O)N(C)C(=O)[C@@H]2CC(C)O[C@@]21C.COC(=O)[C@]1([C@@H](O)[C@@H]2C=CCCC2)N(C)C(=O)[C@@H]2CC(C)O[C@@]21C.COC(=O)[C@]1([C@H](O)[C@@H]2C=CCCC2)N(C)C(=O)[C@@H]2CC(C)O[C@@]21C. The standard InChI is InChI=1S/3C18H27NO5.3C12H17NO5/c3*1-11-10-13-15(21)19(3)18(16(22)23-4,17(13,2)24-11)14(20)12-8-6-5-7-9-12;3*1-7-5-8-9(15)13(3)12(6-14,10(16)17-4)11(8,2)18-7/h3*6,8,11-14,20H,5,7,9-10H2,1-4H3;3*6-8H,5H2,1-4H3/t11?,12-,13+,14?,17+,18+;11?,12-,13+,14+,17+,18+;11?,12-,13+,14-,17+,18+;3*7?,8-,11-,12-/m111000/s1. The van der Waals surface area contributed by atoms with E-state index in [4.69, 9.17) is 56.8 Å². The fourth-order valence-corrected chi connectivity index (χ4v) is 25.0. The Bertz CT molecular complexity index is 3950. The topological polar surface area (TPSA) is 447 Å². The number of likely N-dealkylation sites (tertiary alicyclic amines) is 6. The van der Waals surface area contributed by atoms with Gasteiger partial charge in [-0.1, -0.05) is 36.5 Å². The fourth-order valence-electron chi connectivity index (χ4n) is 25.0. The van der Waals surface area contributed by atoms with Crippen molar-refractivity contribution < 1.29 is 144 Å². The minimum Gasteiger partial charge on any atom is -0.467 e. The van der Waals surface area contributed by atoms with Gasteiger partial charge in [0.05, 0.1) is 133 Å². The van der Waals surface area contributed by atoms with Crippen molar-refractivity contribution in [3.63, 3.8) is 0 Å². The van der Waals surface area contributed by atoms with Crippen LogP contribution in [-0.2, 0) is 129 Å². The lowest BCUT2D eigenvalue weighted by Crippen LogP contribution is -2.70. The molecular formula is C90H132N6O30. The molecule has 0 bridgehead atoms. The van der Waals surface area contributed by atoms with Crippen LogP contribution in [0, 0.1) is 53.3 Å². The first kappa shape index (κ1) is 99.7. The average Bonchev–Trinajstić information content (AvgIpc) is 1.53. The second-order valence-electron chi connectivity index (χ2n) is 37.6. The number of ether oxygens (including phenoxy) is 12. The highest BCUT2D eigenvalue weighted by Gasteiger charge is 2.82. The number of fused-ring (bicyclic) bond motifs is 6. The van der Waals surface area contributed by atoms with Crippen LogP contribution in [0.2, 0.25) is 0 Å². The summed E-state index contributed by atoms with van der Waals surface area (Å²) >= 11 is 0. The lowest BCUT2D eigenvalue weighted by atomic mass is 9.68. The van der Waals surface area contributed by atoms with Crippen molar-refractivity contribution in [2.45, 2.75) is 301 Å². The van der Waals surface area contributed by atoms with Gasteiger partial charge in [0.2, 0.25) is 52.1 Å². The van der Waals surface area contributed by atoms with Gasteiger partial charge in [-0.2, -0.15) is 0 Å². The van der Waals surface area contributed by atoms with Gasteiger partial charge in [0, 0.05) is 60.0 Å². The molecule has 0 saturated carbocycles. The van der Waals surface area contributed by atoms with Gasteiger partial charge in [0.25, 0.3) is 0 Å². The van der Waals surface area contributed by atoms with Crippen LogP contribution >= 0.6 is 0 Å². The molecule has 3 aliphatic carbocycles. The van der Waals surface area contributed by atoms with Crippen molar-refractivity contribution in [1.82, 2.24) is 29.4 Å². The number of carbonyl (C=O) groups is 15. The van der Waals surface area contributed by atoms with E-state index >= 15 is 0 Å². The fraction of sp³-hybridized carbons (Fsp3) is 0.767. The van der Waals surface area contributed by atoms with E-state index in [1.54, 1.807) is 62.7 Å². The summed E-state index contributed by atoms with van der Waals surface area (Å²) in [5, 5.41) is 33.9. The first-order chi connectivity index (χ1) is 58.9. The van der Waals surface area contributed by atoms with E-state index in [0.717, 1.165) is 72.5 Å². The molecule has 3 N–H and O–H groups in total. The number of aliphatic hydroxyl groups is 3. The van der Waals surface area contributed by atoms with Crippen molar-refractivity contribution in [3.8, 4) is 0 Å². The van der Waals surface area contributed by atoms with E-state index in [9.17, 15) is 87.2 Å². The number of rotatable bonds is 15. The normalized spacial score (nSPS) is 42.9. The lowest BCUT2D eigenvalue weighted by molar-refractivity contribution is -0.194. The smallest absolute Gasteiger partial charge is 0.342 e. The van der Waals surface area contributed by atoms with Crippen LogP contribution in [0.25, 0.3) is 0 Å². The van der Waals surface area contributed by atoms with Gasteiger partial charge < -0.3 is 102 Å². The highest BCUT2D eigenvalue weighted by atomic mass is 16.6. The van der Waals surface area contributed by atoms with Crippen molar-refractivity contribution in [2.24, 2.45) is 53.3 Å². The molecule has 12 heterocycles. The summed E-state index contributed by atoms with van der Waals surface area (Å²) in [6, 6.07) is 0. The molecule has 126 heavy (non-hydrogen) atoms. The molecule has 12 fully saturated rings. The zero-order chi connectivity index (χ0) is 94.2. The number of carbonyl (C=O) groups excluding carboxylic acids is 15. The maximum Gasteiger partial charge on any atom is 0.342 e. The number of esters is 6. The van der Waals surface area contributed by atoms with Gasteiger partial charge in [-0.25, -0.2) is 28.8 Å². The summed E-state index contributed by atoms with van der Waals surface area (Å²) in [5.41, 5.74) is -16.4. The molecule has 36 heteroatoms. The van der Waals surface area contributed by atoms with E-state index in [1.807, 2.05) is 78.0 Å². The molecule has 36 nitrogen and oxygen atoms in total. The molecule has 0 aromatic heterocycles. The average molecular weight is 1780 g/mol. The lowest BCUT2D eigenvalue weighted by Gasteiger charge is -2.48. The molecule has 12 saturated heterocycles. The molecule has 0 spiro atoms. The van der Waals surface area contributed by atoms with E-state index in [1.165, 1.54) is 78.5 Å². The summed E-state index contributed by atoms with van der Waals surface area (Å²) < 4.78 is 65.0. The van der Waals surface area contributed by atoms with Crippen LogP contribution in [0.15, 0.2) is 36.5 Å². The van der Waals surface area contributed by atoms with Crippen LogP contribution in [-0.4, -0.2) is 342 Å². The Labute approximate surface area is 736 Å². The second kappa shape index (κ2) is 36.1. The number of amides is 6. The van der Waals surface area contributed by atoms with Crippen molar-refractivity contribution in [2.75, 3.05) is 84.9 Å². The Hall–Kier alpha value is -8.49. The van der Waals surface area contributed by atoms with Gasteiger partial charge in [-0.3, -0.25) is 43.2 Å². The quantitative estimate of drug-likeness (QED) is 0.0697. The van der Waals surface area contributed by atoms with Gasteiger partial charge in [-0.05, 0) is 179 Å². The minimum absolute atomic E-state index is 0.143. The summed E-state index contributed by atoms with van der Waals surface area (Å²) in [6.07, 6.45) is 20.4. The Morgan fingerprint density at radius 3 is 0.667 bits per heavy atom. The van der Waals surface area contributed by atoms with Crippen LogP contribution in [0.1, 0.15) is 179 Å². The predicted molar refractivity (Wildman–Crippen MR) is 443 cm³/mol. The van der Waals surface area contributed by atoms with Crippen molar-refractivity contribution in [1.29, 1.82) is 0 Å². The van der Waals surface area contributed by atoms with Gasteiger partial charge in [-0.15, -0.1) is 0 Å². The summed E-state index contributed by atoms with van der Waals surface area (Å²) in [5.74, 6) is -8.73. The Morgan fingerprint density at radius 2 is 0.500 bits per heavy atom. The first-order valence-electron chi connectivity index (χ1n) is 43.6. The molecule has 7 unspecified atom stereocenters. The number of aldehydes is 3. The molecule has 0 aromatic carbocycles. The summed E-state index contributed by atoms with van der Waals surface area (Å²) in [4.78, 5) is 193. The molecule has 15 rings (SSSR count). The number of aliphatic hydroxyl groups excluding tert-OH is 3. The first-order valence-corrected chi connectivity index (χ1v) is 43.6. The molecule has 0 aromatic rings. The maximum atomic E-state index is 13.0. The number of nitrogens with zero attached hydrogens (tertiary/aromatic N) is 6. The number of allylic oxidation sites excluding steroid dienone is 3. The highest BCUT2D eigenvalue weighted by Crippen LogP contribution is 2.61. The van der Waals surface area contributed by atoms with Crippen LogP contribution in [0.3, 0.4) is 0 Å². The molecule has 702 valence electrons. The Morgan fingerprint density at radius 1 is 0.325 bits per heavy atom. The third-order valence-electron chi connectivity index (χ3n) is 31.4. The summed E-state index contributed by atoms with van der Waals surface area (Å²) in [6.45, 7) is 21.4. The number of likely N-dealkylation sites (N-methyl/N-ethyl adjacent to an activating group) is 6. The zero-order valence-electron chi connectivity index (χ0n) is 77.2. The monoisotopic (exact) mass is 1780 g/mol. The van der Waals surface area contributed by atoms with Gasteiger partial charge in [0.1, 0.15) is 33.6 Å². The van der Waals surface area contributed by atoms with Gasteiger partial charge >= 0.3 is 35.8 Å². The minimum atomic E-state index is -1.69. The van der Waals surface area contributed by atoms with Gasteiger partial charge in [0.15, 0.2) is 35.5 Å². The second-order valence-corrected chi connectivity index (χ2v) is 37.6. The number of methoxy groups -OCH3 is 6. The van der Waals surface area contributed by atoms with E-state index in [0.29, 0.717) is 57.4 Å². The van der Waals surface area contributed by atoms with Crippen LogP contribution in [0.4, 0.5) is 0 Å². The molecular weight excluding hydrogens is 1650 g/mol. The van der Waals surface area contributed by atoms with E-state index < -0.39 is 156 Å². The van der Waals surface area contributed by atoms with Crippen molar-refractivity contribution >= 4 is 90.1 Å². The molecule has 15 aliphatic rings. The summed E-state index contributed by atoms with van der Waals surface area (Å²) in [7, 11) is 16.5. The highest BCUT2D eigenvalue weighted by molar-refractivity contribution is 6.10. The third-order valence-corrected chi connectivity index (χ3v) is 31.4. The van der Waals surface area contributed by atoms with Crippen LogP contribution in [0.5, 0.6) is 0 Å². The molecule has 0 radical (unpaired) electrons. The van der Waals surface area contributed by atoms with Crippen molar-refractivity contribution in [3.05, 3.63) is 36.5 Å². The third kappa shape index (κ3) is 13.9.